The van der Waals surface area contributed by atoms with Gasteiger partial charge >= 0.3 is 17.9 Å². The van der Waals surface area contributed by atoms with Crippen molar-refractivity contribution in [3.63, 3.8) is 0 Å². The molecule has 1 atom stereocenters. The Hall–Kier alpha value is -3.93. The van der Waals surface area contributed by atoms with Crippen LogP contribution in [0.3, 0.4) is 0 Å². The molecule has 0 fully saturated rings. The molecule has 0 N–H and O–H groups in total. The highest BCUT2D eigenvalue weighted by Gasteiger charge is 2.19. The Morgan fingerprint density at radius 1 is 0.280 bits per heavy atom. The van der Waals surface area contributed by atoms with Crippen molar-refractivity contribution in [3.8, 4) is 0 Å². The fourth-order valence-corrected chi connectivity index (χ4v) is 8.60. The van der Waals surface area contributed by atoms with Gasteiger partial charge in [0.1, 0.15) is 13.2 Å². The molecule has 0 aliphatic heterocycles. The molecular formula is C69H116O6. The molecule has 428 valence electrons. The van der Waals surface area contributed by atoms with Gasteiger partial charge < -0.3 is 14.2 Å². The first-order valence-corrected chi connectivity index (χ1v) is 31.4. The Morgan fingerprint density at radius 2 is 0.520 bits per heavy atom. The van der Waals surface area contributed by atoms with Crippen LogP contribution in [0.5, 0.6) is 0 Å². The molecule has 0 aliphatic rings. The summed E-state index contributed by atoms with van der Waals surface area (Å²) in [6, 6.07) is 0. The highest BCUT2D eigenvalue weighted by molar-refractivity contribution is 5.71. The third-order valence-electron chi connectivity index (χ3n) is 13.2. The lowest BCUT2D eigenvalue weighted by molar-refractivity contribution is -0.167. The number of carbonyl (C=O) groups is 3. The lowest BCUT2D eigenvalue weighted by atomic mass is 10.1. The Morgan fingerprint density at radius 3 is 0.827 bits per heavy atom. The summed E-state index contributed by atoms with van der Waals surface area (Å²) in [6.45, 7) is 6.41. The van der Waals surface area contributed by atoms with E-state index in [0.717, 1.165) is 135 Å². The van der Waals surface area contributed by atoms with Crippen molar-refractivity contribution in [3.05, 3.63) is 109 Å². The SMILES string of the molecule is CC/C=C\C/C=C\C/C=C\C/C=C\C/C=C\CCCCCCCC(=O)OCC(COC(=O)CCCCCCCCC/C=C\C/C=C\C/C=C\CC)OC(=O)CCCCCCCCCCC/C=C\CCCCCCCC. The topological polar surface area (TPSA) is 78.9 Å². The zero-order valence-electron chi connectivity index (χ0n) is 49.0. The van der Waals surface area contributed by atoms with E-state index >= 15 is 0 Å². The maximum absolute atomic E-state index is 12.9. The molecule has 6 heteroatoms. The van der Waals surface area contributed by atoms with Crippen LogP contribution in [0.4, 0.5) is 0 Å². The van der Waals surface area contributed by atoms with Crippen LogP contribution in [-0.4, -0.2) is 37.2 Å². The standard InChI is InChI=1S/C69H116O6/c1-4-7-10-13-16-19-22-25-28-31-33-34-36-38-41-44-47-50-53-56-59-62-68(71)74-65-66(64-73-67(70)61-58-55-52-49-46-43-40-37-30-27-24-21-18-15-12-9-6-3)75-69(72)63-60-57-54-51-48-45-42-39-35-32-29-26-23-20-17-14-11-8-5-2/h7,9-10,12,16,18-19,21,25-30,33-34,38,41,66H,4-6,8,11,13-15,17,20,22-24,31-32,35-37,39-40,42-65H2,1-3H3/b10-7-,12-9-,19-16-,21-18-,28-25-,29-26-,30-27-,34-33-,41-38-. The van der Waals surface area contributed by atoms with Crippen LogP contribution in [0.1, 0.15) is 290 Å². The largest absolute Gasteiger partial charge is 0.462 e. The van der Waals surface area contributed by atoms with Crippen LogP contribution in [0.25, 0.3) is 0 Å². The van der Waals surface area contributed by atoms with Crippen LogP contribution in [0.2, 0.25) is 0 Å². The van der Waals surface area contributed by atoms with Crippen molar-refractivity contribution >= 4 is 17.9 Å². The molecule has 0 spiro atoms. The molecule has 0 aromatic carbocycles. The van der Waals surface area contributed by atoms with Gasteiger partial charge in [-0.1, -0.05) is 259 Å². The summed E-state index contributed by atoms with van der Waals surface area (Å²) in [5.74, 6) is -0.914. The number of rotatable bonds is 56. The quantitative estimate of drug-likeness (QED) is 0.0261. The van der Waals surface area contributed by atoms with Gasteiger partial charge in [0.25, 0.3) is 0 Å². The molecule has 0 saturated heterocycles. The number of ether oxygens (including phenoxy) is 3. The average Bonchev–Trinajstić information content (AvgIpc) is 3.41. The second kappa shape index (κ2) is 62.6. The van der Waals surface area contributed by atoms with Crippen LogP contribution in [0.15, 0.2) is 109 Å². The van der Waals surface area contributed by atoms with Crippen molar-refractivity contribution in [2.24, 2.45) is 0 Å². The van der Waals surface area contributed by atoms with Crippen LogP contribution >= 0.6 is 0 Å². The second-order valence-electron chi connectivity index (χ2n) is 20.5. The van der Waals surface area contributed by atoms with Gasteiger partial charge in [-0.3, -0.25) is 14.4 Å². The molecule has 0 bridgehead atoms. The first kappa shape index (κ1) is 71.1. The fourth-order valence-electron chi connectivity index (χ4n) is 8.60. The number of allylic oxidation sites excluding steroid dienone is 18. The molecule has 75 heavy (non-hydrogen) atoms. The van der Waals surface area contributed by atoms with Gasteiger partial charge in [-0.25, -0.2) is 0 Å². The molecule has 0 heterocycles. The number of hydrogen-bond acceptors (Lipinski definition) is 6. The van der Waals surface area contributed by atoms with E-state index in [1.165, 1.54) is 116 Å². The predicted octanol–water partition coefficient (Wildman–Crippen LogP) is 21.4. The van der Waals surface area contributed by atoms with Gasteiger partial charge in [0.2, 0.25) is 0 Å². The van der Waals surface area contributed by atoms with E-state index in [2.05, 4.69) is 130 Å². The number of hydrogen-bond donors (Lipinski definition) is 0. The van der Waals surface area contributed by atoms with E-state index < -0.39 is 6.10 Å². The van der Waals surface area contributed by atoms with Crippen molar-refractivity contribution in [1.29, 1.82) is 0 Å². The Labute approximate surface area is 463 Å². The molecular weight excluding hydrogens is 925 g/mol. The van der Waals surface area contributed by atoms with Crippen LogP contribution < -0.4 is 0 Å². The minimum absolute atomic E-state index is 0.0910. The molecule has 0 amide bonds. The summed E-state index contributed by atoms with van der Waals surface area (Å²) in [6.07, 6.45) is 85.1. The minimum atomic E-state index is -0.795. The number of esters is 3. The fraction of sp³-hybridized carbons (Fsp3) is 0.696. The van der Waals surface area contributed by atoms with E-state index in [-0.39, 0.29) is 31.1 Å². The van der Waals surface area contributed by atoms with Gasteiger partial charge in [0, 0.05) is 19.3 Å². The molecule has 1 unspecified atom stereocenters. The number of carbonyl (C=O) groups excluding carboxylic acids is 3. The summed E-state index contributed by atoms with van der Waals surface area (Å²) in [5, 5.41) is 0. The molecule has 0 rings (SSSR count). The van der Waals surface area contributed by atoms with E-state index in [1.807, 2.05) is 0 Å². The Bertz CT molecular complexity index is 1520. The van der Waals surface area contributed by atoms with E-state index in [4.69, 9.17) is 14.2 Å². The monoisotopic (exact) mass is 1040 g/mol. The van der Waals surface area contributed by atoms with Crippen LogP contribution in [0, 0.1) is 0 Å². The lowest BCUT2D eigenvalue weighted by Gasteiger charge is -2.18. The molecule has 6 nitrogen and oxygen atoms in total. The summed E-state index contributed by atoms with van der Waals surface area (Å²) < 4.78 is 16.9. The lowest BCUT2D eigenvalue weighted by Crippen LogP contribution is -2.30. The van der Waals surface area contributed by atoms with Crippen molar-refractivity contribution in [1.82, 2.24) is 0 Å². The van der Waals surface area contributed by atoms with E-state index in [0.29, 0.717) is 19.3 Å². The Balaban J connectivity index is 4.44. The summed E-state index contributed by atoms with van der Waals surface area (Å²) in [4.78, 5) is 38.3. The summed E-state index contributed by atoms with van der Waals surface area (Å²) >= 11 is 0. The van der Waals surface area contributed by atoms with E-state index in [9.17, 15) is 14.4 Å². The van der Waals surface area contributed by atoms with E-state index in [1.54, 1.807) is 0 Å². The maximum atomic E-state index is 12.9. The minimum Gasteiger partial charge on any atom is -0.462 e. The first-order chi connectivity index (χ1) is 37.0. The molecule has 0 radical (unpaired) electrons. The first-order valence-electron chi connectivity index (χ1n) is 31.4. The zero-order chi connectivity index (χ0) is 54.3. The zero-order valence-corrected chi connectivity index (χ0v) is 49.0. The van der Waals surface area contributed by atoms with Crippen LogP contribution in [-0.2, 0) is 28.6 Å². The van der Waals surface area contributed by atoms with Crippen molar-refractivity contribution in [2.45, 2.75) is 297 Å². The van der Waals surface area contributed by atoms with Crippen molar-refractivity contribution < 1.29 is 28.6 Å². The predicted molar refractivity (Wildman–Crippen MR) is 325 cm³/mol. The third kappa shape index (κ3) is 60.8. The highest BCUT2D eigenvalue weighted by atomic mass is 16.6. The van der Waals surface area contributed by atoms with Gasteiger partial charge in [-0.15, -0.1) is 0 Å². The maximum Gasteiger partial charge on any atom is 0.306 e. The molecule has 0 saturated carbocycles. The summed E-state index contributed by atoms with van der Waals surface area (Å²) in [5.41, 5.74) is 0. The number of unbranched alkanes of at least 4 members (excludes halogenated alkanes) is 27. The normalized spacial score (nSPS) is 12.8. The van der Waals surface area contributed by atoms with Crippen molar-refractivity contribution in [2.75, 3.05) is 13.2 Å². The van der Waals surface area contributed by atoms with Gasteiger partial charge in [0.15, 0.2) is 6.10 Å². The third-order valence-corrected chi connectivity index (χ3v) is 13.2. The smallest absolute Gasteiger partial charge is 0.306 e. The van der Waals surface area contributed by atoms with Gasteiger partial charge in [-0.2, -0.15) is 0 Å². The molecule has 0 aromatic rings. The molecule has 0 aliphatic carbocycles. The average molecular weight is 1040 g/mol. The molecule has 0 aromatic heterocycles. The van der Waals surface area contributed by atoms with Gasteiger partial charge in [-0.05, 0) is 122 Å². The second-order valence-corrected chi connectivity index (χ2v) is 20.5. The summed E-state index contributed by atoms with van der Waals surface area (Å²) in [7, 11) is 0. The van der Waals surface area contributed by atoms with Gasteiger partial charge in [0.05, 0.1) is 0 Å². The Kier molecular flexibility index (Phi) is 59.3. The highest BCUT2D eigenvalue weighted by Crippen LogP contribution is 2.15.